The second kappa shape index (κ2) is 6.67. The Hall–Kier alpha value is -0.580. The number of aryl methyl sites for hydroxylation is 2. The molecule has 5 heteroatoms. The van der Waals surface area contributed by atoms with Crippen LogP contribution in [0, 0.1) is 0 Å². The first-order chi connectivity index (χ1) is 9.94. The van der Waals surface area contributed by atoms with Crippen molar-refractivity contribution in [3.63, 3.8) is 0 Å². The van der Waals surface area contributed by atoms with Crippen molar-refractivity contribution in [2.75, 3.05) is 13.1 Å². The lowest BCUT2D eigenvalue weighted by molar-refractivity contribution is 0.0734. The number of halogens is 1. The third kappa shape index (κ3) is 3.43. The minimum Gasteiger partial charge on any atom is -0.309 e. The summed E-state index contributed by atoms with van der Waals surface area (Å²) in [5.74, 6) is 0. The molecule has 2 atom stereocenters. The van der Waals surface area contributed by atoms with Gasteiger partial charge in [-0.25, -0.2) is 0 Å². The number of piperazine rings is 1. The maximum atomic E-state index is 6.52. The number of rotatable bonds is 5. The van der Waals surface area contributed by atoms with Crippen LogP contribution >= 0.6 is 11.6 Å². The fourth-order valence-corrected chi connectivity index (χ4v) is 3.49. The van der Waals surface area contributed by atoms with E-state index in [1.807, 2.05) is 11.7 Å². The third-order valence-corrected chi connectivity index (χ3v) is 5.38. The van der Waals surface area contributed by atoms with Gasteiger partial charge in [0.25, 0.3) is 0 Å². The molecule has 1 aliphatic heterocycles. The van der Waals surface area contributed by atoms with Gasteiger partial charge in [-0.1, -0.05) is 32.4 Å². The Bertz CT molecular complexity index is 485. The van der Waals surface area contributed by atoms with E-state index >= 15 is 0 Å². The van der Waals surface area contributed by atoms with E-state index in [9.17, 15) is 0 Å². The van der Waals surface area contributed by atoms with Gasteiger partial charge in [0.2, 0.25) is 0 Å². The predicted molar refractivity (Wildman–Crippen MR) is 88.8 cm³/mol. The number of aromatic nitrogens is 2. The van der Waals surface area contributed by atoms with Crippen LogP contribution in [0.2, 0.25) is 5.02 Å². The quantitative estimate of drug-likeness (QED) is 0.907. The van der Waals surface area contributed by atoms with Crippen LogP contribution in [0.5, 0.6) is 0 Å². The molecule has 2 unspecified atom stereocenters. The number of hydrogen-bond donors (Lipinski definition) is 1. The van der Waals surface area contributed by atoms with Gasteiger partial charge in [-0.3, -0.25) is 9.58 Å². The van der Waals surface area contributed by atoms with Crippen LogP contribution < -0.4 is 5.32 Å². The van der Waals surface area contributed by atoms with Crippen LogP contribution in [-0.4, -0.2) is 39.4 Å². The van der Waals surface area contributed by atoms with Gasteiger partial charge in [0.15, 0.2) is 0 Å². The summed E-state index contributed by atoms with van der Waals surface area (Å²) in [7, 11) is 2.00. The molecule has 0 radical (unpaired) electrons. The first-order valence-electron chi connectivity index (χ1n) is 8.13. The highest BCUT2D eigenvalue weighted by Gasteiger charge is 2.34. The van der Waals surface area contributed by atoms with Crippen molar-refractivity contribution in [3.8, 4) is 0 Å². The SMILES string of the molecule is CCc1nn(C)c(CN2CC(C)(CC)NCC2CC)c1Cl. The van der Waals surface area contributed by atoms with Gasteiger partial charge in [0.1, 0.15) is 0 Å². The van der Waals surface area contributed by atoms with E-state index in [1.165, 1.54) is 0 Å². The zero-order valence-corrected chi connectivity index (χ0v) is 14.8. The van der Waals surface area contributed by atoms with Crippen molar-refractivity contribution in [2.24, 2.45) is 7.05 Å². The molecule has 0 amide bonds. The number of hydrogen-bond acceptors (Lipinski definition) is 3. The molecular formula is C16H29ClN4. The van der Waals surface area contributed by atoms with Crippen molar-refractivity contribution in [3.05, 3.63) is 16.4 Å². The summed E-state index contributed by atoms with van der Waals surface area (Å²) in [6, 6.07) is 0.570. The fourth-order valence-electron chi connectivity index (χ4n) is 3.13. The van der Waals surface area contributed by atoms with Gasteiger partial charge in [-0.05, 0) is 26.2 Å². The highest BCUT2D eigenvalue weighted by Crippen LogP contribution is 2.26. The molecule has 2 heterocycles. The Morgan fingerprint density at radius 1 is 1.38 bits per heavy atom. The topological polar surface area (TPSA) is 33.1 Å². The lowest BCUT2D eigenvalue weighted by Crippen LogP contribution is -2.62. The minimum absolute atomic E-state index is 0.199. The van der Waals surface area contributed by atoms with Gasteiger partial charge in [-0.15, -0.1) is 0 Å². The maximum Gasteiger partial charge on any atom is 0.0863 e. The highest BCUT2D eigenvalue weighted by atomic mass is 35.5. The van der Waals surface area contributed by atoms with Gasteiger partial charge < -0.3 is 5.32 Å². The van der Waals surface area contributed by atoms with Crippen LogP contribution in [0.15, 0.2) is 0 Å². The molecular weight excluding hydrogens is 284 g/mol. The summed E-state index contributed by atoms with van der Waals surface area (Å²) < 4.78 is 1.96. The van der Waals surface area contributed by atoms with Crippen LogP contribution in [0.4, 0.5) is 0 Å². The molecule has 4 nitrogen and oxygen atoms in total. The van der Waals surface area contributed by atoms with Crippen LogP contribution in [0.3, 0.4) is 0 Å². The summed E-state index contributed by atoms with van der Waals surface area (Å²) in [6.07, 6.45) is 3.18. The first kappa shape index (κ1) is 16.8. The summed E-state index contributed by atoms with van der Waals surface area (Å²) in [6.45, 7) is 11.9. The van der Waals surface area contributed by atoms with E-state index in [0.717, 1.165) is 55.3 Å². The van der Waals surface area contributed by atoms with E-state index < -0.39 is 0 Å². The van der Waals surface area contributed by atoms with Gasteiger partial charge >= 0.3 is 0 Å². The molecule has 1 fully saturated rings. The predicted octanol–water partition coefficient (Wildman–Crippen LogP) is 2.99. The molecule has 21 heavy (non-hydrogen) atoms. The lowest BCUT2D eigenvalue weighted by atomic mass is 9.92. The van der Waals surface area contributed by atoms with Crippen molar-refractivity contribution in [1.82, 2.24) is 20.0 Å². The molecule has 1 aromatic heterocycles. The molecule has 2 rings (SSSR count). The van der Waals surface area contributed by atoms with Crippen LogP contribution in [0.1, 0.15) is 51.9 Å². The molecule has 0 spiro atoms. The normalized spacial score (nSPS) is 27.2. The van der Waals surface area contributed by atoms with Crippen molar-refractivity contribution < 1.29 is 0 Å². The largest absolute Gasteiger partial charge is 0.309 e. The molecule has 0 saturated carbocycles. The van der Waals surface area contributed by atoms with Gasteiger partial charge in [-0.2, -0.15) is 5.10 Å². The molecule has 120 valence electrons. The second-order valence-electron chi connectivity index (χ2n) is 6.45. The molecule has 1 saturated heterocycles. The maximum absolute atomic E-state index is 6.52. The van der Waals surface area contributed by atoms with Gasteiger partial charge in [0.05, 0.1) is 16.4 Å². The molecule has 0 bridgehead atoms. The van der Waals surface area contributed by atoms with Crippen LogP contribution in [-0.2, 0) is 20.0 Å². The van der Waals surface area contributed by atoms with Crippen molar-refractivity contribution in [2.45, 2.75) is 65.1 Å². The minimum atomic E-state index is 0.199. The smallest absolute Gasteiger partial charge is 0.0863 e. The summed E-state index contributed by atoms with van der Waals surface area (Å²) in [4.78, 5) is 2.57. The van der Waals surface area contributed by atoms with E-state index in [-0.39, 0.29) is 5.54 Å². The Morgan fingerprint density at radius 2 is 2.10 bits per heavy atom. The summed E-state index contributed by atoms with van der Waals surface area (Å²) >= 11 is 6.52. The Morgan fingerprint density at radius 3 is 2.62 bits per heavy atom. The van der Waals surface area contributed by atoms with Gasteiger partial charge in [0, 0.05) is 38.3 Å². The number of nitrogens with one attached hydrogen (secondary N) is 1. The average molecular weight is 313 g/mol. The fraction of sp³-hybridized carbons (Fsp3) is 0.812. The second-order valence-corrected chi connectivity index (χ2v) is 6.82. The Labute approximate surface area is 133 Å². The third-order valence-electron chi connectivity index (χ3n) is 4.94. The van der Waals surface area contributed by atoms with Crippen molar-refractivity contribution in [1.29, 1.82) is 0 Å². The Kier molecular flexibility index (Phi) is 5.33. The number of nitrogens with zero attached hydrogens (tertiary/aromatic N) is 3. The average Bonchev–Trinajstić information content (AvgIpc) is 2.75. The monoisotopic (exact) mass is 312 g/mol. The lowest BCUT2D eigenvalue weighted by Gasteiger charge is -2.46. The summed E-state index contributed by atoms with van der Waals surface area (Å²) in [5.41, 5.74) is 2.35. The van der Waals surface area contributed by atoms with E-state index in [4.69, 9.17) is 11.6 Å². The standard InChI is InChI=1S/C16H29ClN4/c1-6-12-9-18-16(4,8-3)11-21(12)10-14-15(17)13(7-2)19-20(14)5/h12,18H,6-11H2,1-5H3. The molecule has 0 aromatic carbocycles. The molecule has 1 N–H and O–H groups in total. The molecule has 1 aromatic rings. The van der Waals surface area contributed by atoms with E-state index in [1.54, 1.807) is 0 Å². The van der Waals surface area contributed by atoms with Crippen molar-refractivity contribution >= 4 is 11.6 Å². The molecule has 1 aliphatic rings. The van der Waals surface area contributed by atoms with E-state index in [0.29, 0.717) is 6.04 Å². The van der Waals surface area contributed by atoms with E-state index in [2.05, 4.69) is 43.0 Å². The summed E-state index contributed by atoms with van der Waals surface area (Å²) in [5, 5.41) is 9.11. The highest BCUT2D eigenvalue weighted by molar-refractivity contribution is 6.31. The first-order valence-corrected chi connectivity index (χ1v) is 8.51. The Balaban J connectivity index is 2.21. The molecule has 0 aliphatic carbocycles. The zero-order valence-electron chi connectivity index (χ0n) is 14.0. The zero-order chi connectivity index (χ0) is 15.6. The van der Waals surface area contributed by atoms with Crippen LogP contribution in [0.25, 0.3) is 0 Å².